The first-order valence-electron chi connectivity index (χ1n) is 8.72. The zero-order chi connectivity index (χ0) is 21.5. The lowest BCUT2D eigenvalue weighted by Crippen LogP contribution is -2.37. The van der Waals surface area contributed by atoms with E-state index in [1.807, 2.05) is 5.32 Å². The molecule has 2 N–H and O–H groups in total. The molecular formula is C21H17FN2O6. The van der Waals surface area contributed by atoms with Crippen LogP contribution in [-0.2, 0) is 9.53 Å². The molecule has 3 aromatic rings. The lowest BCUT2D eigenvalue weighted by molar-refractivity contribution is -0.123. The van der Waals surface area contributed by atoms with Crippen molar-refractivity contribution >= 4 is 23.6 Å². The molecule has 0 aliphatic rings. The van der Waals surface area contributed by atoms with Crippen LogP contribution in [0, 0.1) is 5.82 Å². The molecule has 1 aromatic heterocycles. The van der Waals surface area contributed by atoms with Gasteiger partial charge in [-0.3, -0.25) is 10.1 Å². The Labute approximate surface area is 170 Å². The number of hydrogen-bond donors (Lipinski definition) is 2. The molecule has 0 atom stereocenters. The van der Waals surface area contributed by atoms with E-state index in [9.17, 15) is 18.8 Å². The van der Waals surface area contributed by atoms with Crippen molar-refractivity contribution in [1.29, 1.82) is 0 Å². The number of imide groups is 1. The smallest absolute Gasteiger partial charge is 0.374 e. The normalized spacial score (nSPS) is 10.2. The van der Waals surface area contributed by atoms with Gasteiger partial charge in [0, 0.05) is 11.3 Å². The number of hydrogen-bond acceptors (Lipinski definition) is 6. The monoisotopic (exact) mass is 412 g/mol. The number of anilines is 1. The highest BCUT2D eigenvalue weighted by molar-refractivity contribution is 6.02. The van der Waals surface area contributed by atoms with E-state index in [2.05, 4.69) is 5.32 Å². The molecule has 0 bridgehead atoms. The number of ether oxygens (including phenoxy) is 2. The Balaban J connectivity index is 1.47. The van der Waals surface area contributed by atoms with Crippen LogP contribution in [0.5, 0.6) is 5.75 Å². The third-order valence-electron chi connectivity index (χ3n) is 3.87. The van der Waals surface area contributed by atoms with Crippen LogP contribution < -0.4 is 15.4 Å². The van der Waals surface area contributed by atoms with Gasteiger partial charge in [0.15, 0.2) is 6.61 Å². The van der Waals surface area contributed by atoms with Crippen LogP contribution >= 0.6 is 0 Å². The molecule has 30 heavy (non-hydrogen) atoms. The fourth-order valence-corrected chi connectivity index (χ4v) is 2.42. The third kappa shape index (κ3) is 5.44. The standard InChI is InChI=1S/C21H17FN2O6/c1-28-16-8-6-15(7-9-16)23-21(27)24-19(25)12-29-20(26)18-11-10-17(30-18)13-2-4-14(22)5-3-13/h2-11H,12H2,1H3,(H2,23,24,25,27). The molecule has 154 valence electrons. The number of amides is 3. The van der Waals surface area contributed by atoms with E-state index >= 15 is 0 Å². The van der Waals surface area contributed by atoms with E-state index in [1.54, 1.807) is 24.3 Å². The molecule has 0 spiro atoms. The quantitative estimate of drug-likeness (QED) is 0.599. The van der Waals surface area contributed by atoms with Crippen molar-refractivity contribution in [2.24, 2.45) is 0 Å². The number of nitrogens with one attached hydrogen (secondary N) is 2. The molecule has 8 nitrogen and oxygen atoms in total. The second-order valence-electron chi connectivity index (χ2n) is 5.98. The fourth-order valence-electron chi connectivity index (χ4n) is 2.42. The third-order valence-corrected chi connectivity index (χ3v) is 3.87. The van der Waals surface area contributed by atoms with Crippen molar-refractivity contribution in [1.82, 2.24) is 5.32 Å². The Kier molecular flexibility index (Phi) is 6.43. The number of rotatable bonds is 6. The summed E-state index contributed by atoms with van der Waals surface area (Å²) in [5.74, 6) is -1.28. The number of carbonyl (C=O) groups is 3. The largest absolute Gasteiger partial charge is 0.497 e. The maximum Gasteiger partial charge on any atom is 0.374 e. The van der Waals surface area contributed by atoms with Crippen LogP contribution in [0.3, 0.4) is 0 Å². The second kappa shape index (κ2) is 9.37. The minimum Gasteiger partial charge on any atom is -0.497 e. The molecule has 3 rings (SSSR count). The van der Waals surface area contributed by atoms with Gasteiger partial charge in [-0.25, -0.2) is 14.0 Å². The van der Waals surface area contributed by atoms with Gasteiger partial charge in [0.25, 0.3) is 5.91 Å². The van der Waals surface area contributed by atoms with E-state index in [4.69, 9.17) is 13.9 Å². The summed E-state index contributed by atoms with van der Waals surface area (Å²) in [6.07, 6.45) is 0. The van der Waals surface area contributed by atoms with Gasteiger partial charge in [-0.15, -0.1) is 0 Å². The summed E-state index contributed by atoms with van der Waals surface area (Å²) < 4.78 is 28.2. The van der Waals surface area contributed by atoms with Crippen LogP contribution in [0.4, 0.5) is 14.9 Å². The molecule has 0 unspecified atom stereocenters. The number of furan rings is 1. The molecule has 9 heteroatoms. The summed E-state index contributed by atoms with van der Waals surface area (Å²) in [6.45, 7) is -0.679. The number of methoxy groups -OCH3 is 1. The minimum absolute atomic E-state index is 0.134. The number of carbonyl (C=O) groups excluding carboxylic acids is 3. The number of benzene rings is 2. The fraction of sp³-hybridized carbons (Fsp3) is 0.0952. The van der Waals surface area contributed by atoms with Gasteiger partial charge in [0.1, 0.15) is 17.3 Å². The predicted molar refractivity (Wildman–Crippen MR) is 105 cm³/mol. The van der Waals surface area contributed by atoms with E-state index in [0.29, 0.717) is 22.8 Å². The molecule has 3 amide bonds. The highest BCUT2D eigenvalue weighted by atomic mass is 19.1. The van der Waals surface area contributed by atoms with Crippen molar-refractivity contribution in [3.63, 3.8) is 0 Å². The van der Waals surface area contributed by atoms with Crippen LogP contribution in [0.1, 0.15) is 10.6 Å². The van der Waals surface area contributed by atoms with Gasteiger partial charge in [-0.2, -0.15) is 0 Å². The lowest BCUT2D eigenvalue weighted by atomic mass is 10.2. The van der Waals surface area contributed by atoms with Crippen molar-refractivity contribution in [2.75, 3.05) is 19.0 Å². The summed E-state index contributed by atoms with van der Waals surface area (Å²) in [5.41, 5.74) is 1.02. The minimum atomic E-state index is -0.880. The van der Waals surface area contributed by atoms with Crippen LogP contribution in [0.2, 0.25) is 0 Å². The molecule has 0 aliphatic heterocycles. The summed E-state index contributed by atoms with van der Waals surface area (Å²) in [5, 5.41) is 4.49. The summed E-state index contributed by atoms with van der Waals surface area (Å²) in [7, 11) is 1.52. The van der Waals surface area contributed by atoms with Crippen LogP contribution in [0.25, 0.3) is 11.3 Å². The SMILES string of the molecule is COc1ccc(NC(=O)NC(=O)COC(=O)c2ccc(-c3ccc(F)cc3)o2)cc1. The molecular weight excluding hydrogens is 395 g/mol. The van der Waals surface area contributed by atoms with Gasteiger partial charge < -0.3 is 19.2 Å². The Morgan fingerprint density at radius 1 is 0.967 bits per heavy atom. The maximum atomic E-state index is 13.0. The summed E-state index contributed by atoms with van der Waals surface area (Å²) in [6, 6.07) is 14.1. The summed E-state index contributed by atoms with van der Waals surface area (Å²) >= 11 is 0. The summed E-state index contributed by atoms with van der Waals surface area (Å²) in [4.78, 5) is 35.6. The van der Waals surface area contributed by atoms with Crippen molar-refractivity contribution in [2.45, 2.75) is 0 Å². The average Bonchev–Trinajstić information content (AvgIpc) is 3.23. The molecule has 0 saturated carbocycles. The van der Waals surface area contributed by atoms with E-state index < -0.39 is 30.3 Å². The van der Waals surface area contributed by atoms with Crippen LogP contribution in [0.15, 0.2) is 65.1 Å². The van der Waals surface area contributed by atoms with Gasteiger partial charge in [-0.05, 0) is 60.7 Å². The van der Waals surface area contributed by atoms with Crippen molar-refractivity contribution in [3.05, 3.63) is 72.2 Å². The van der Waals surface area contributed by atoms with E-state index in [-0.39, 0.29) is 5.76 Å². The van der Waals surface area contributed by atoms with Gasteiger partial charge >= 0.3 is 12.0 Å². The Morgan fingerprint density at radius 3 is 2.33 bits per heavy atom. The van der Waals surface area contributed by atoms with Crippen LogP contribution in [-0.4, -0.2) is 31.6 Å². The van der Waals surface area contributed by atoms with Gasteiger partial charge in [-0.1, -0.05) is 0 Å². The molecule has 0 aliphatic carbocycles. The highest BCUT2D eigenvalue weighted by Crippen LogP contribution is 2.22. The number of halogens is 1. The van der Waals surface area contributed by atoms with E-state index in [1.165, 1.54) is 43.5 Å². The van der Waals surface area contributed by atoms with Crippen molar-refractivity contribution < 1.29 is 32.7 Å². The first-order chi connectivity index (χ1) is 14.4. The average molecular weight is 412 g/mol. The number of esters is 1. The number of urea groups is 1. The Bertz CT molecular complexity index is 1040. The van der Waals surface area contributed by atoms with Crippen molar-refractivity contribution in [3.8, 4) is 17.1 Å². The first kappa shape index (κ1) is 20.6. The maximum absolute atomic E-state index is 13.0. The first-order valence-corrected chi connectivity index (χ1v) is 8.72. The Hall–Kier alpha value is -4.14. The molecule has 2 aromatic carbocycles. The zero-order valence-electron chi connectivity index (χ0n) is 15.8. The van der Waals surface area contributed by atoms with E-state index in [0.717, 1.165) is 0 Å². The topological polar surface area (TPSA) is 107 Å². The Morgan fingerprint density at radius 2 is 1.67 bits per heavy atom. The molecule has 0 radical (unpaired) electrons. The molecule has 1 heterocycles. The zero-order valence-corrected chi connectivity index (χ0v) is 15.8. The molecule has 0 saturated heterocycles. The van der Waals surface area contributed by atoms with Gasteiger partial charge in [0.05, 0.1) is 7.11 Å². The highest BCUT2D eigenvalue weighted by Gasteiger charge is 2.16. The van der Waals surface area contributed by atoms with Gasteiger partial charge in [0.2, 0.25) is 5.76 Å². The lowest BCUT2D eigenvalue weighted by Gasteiger charge is -2.07. The molecule has 0 fully saturated rings. The predicted octanol–water partition coefficient (Wildman–Crippen LogP) is 3.60. The second-order valence-corrected chi connectivity index (χ2v) is 5.98.